The van der Waals surface area contributed by atoms with Crippen molar-refractivity contribution in [1.82, 2.24) is 0 Å². The largest absolute Gasteiger partial charge is 0.489 e. The van der Waals surface area contributed by atoms with Crippen molar-refractivity contribution in [2.24, 2.45) is 4.99 Å². The number of ether oxygens (including phenoxy) is 1. The fourth-order valence-corrected chi connectivity index (χ4v) is 2.01. The van der Waals surface area contributed by atoms with Crippen molar-refractivity contribution in [2.45, 2.75) is 46.3 Å². The Bertz CT molecular complexity index is 584. The molecule has 0 aromatic heterocycles. The number of benzene rings is 2. The minimum atomic E-state index is 0.377. The predicted molar refractivity (Wildman–Crippen MR) is 93.9 cm³/mol. The summed E-state index contributed by atoms with van der Waals surface area (Å²) >= 11 is 0. The van der Waals surface area contributed by atoms with Crippen molar-refractivity contribution in [3.05, 3.63) is 65.2 Å². The molecule has 2 aromatic rings. The average molecular weight is 295 g/mol. The van der Waals surface area contributed by atoms with Crippen molar-refractivity contribution >= 4 is 6.21 Å². The van der Waals surface area contributed by atoms with Crippen LogP contribution in [0.2, 0.25) is 0 Å². The summed E-state index contributed by atoms with van der Waals surface area (Å²) in [6.07, 6.45) is 4.07. The zero-order valence-electron chi connectivity index (χ0n) is 13.8. The SMILES string of the molecule is CCc1ccc(COc2ccc(/C=N/C(C)CC)cc2)cc1. The number of rotatable bonds is 7. The molecule has 22 heavy (non-hydrogen) atoms. The van der Waals surface area contributed by atoms with Gasteiger partial charge in [-0.15, -0.1) is 0 Å². The molecular formula is C20H25NO. The first kappa shape index (κ1) is 16.3. The van der Waals surface area contributed by atoms with E-state index in [0.717, 1.165) is 24.2 Å². The predicted octanol–water partition coefficient (Wildman–Crippen LogP) is 5.05. The molecule has 2 aromatic carbocycles. The summed E-state index contributed by atoms with van der Waals surface area (Å²) < 4.78 is 5.82. The molecule has 2 heteroatoms. The molecule has 116 valence electrons. The lowest BCUT2D eigenvalue weighted by atomic mass is 10.1. The summed E-state index contributed by atoms with van der Waals surface area (Å²) in [7, 11) is 0. The lowest BCUT2D eigenvalue weighted by molar-refractivity contribution is 0.306. The van der Waals surface area contributed by atoms with Crippen molar-refractivity contribution in [3.63, 3.8) is 0 Å². The highest BCUT2D eigenvalue weighted by Crippen LogP contribution is 2.14. The summed E-state index contributed by atoms with van der Waals surface area (Å²) in [5.41, 5.74) is 3.66. The number of hydrogen-bond acceptors (Lipinski definition) is 2. The molecule has 0 spiro atoms. The Balaban J connectivity index is 1.89. The molecule has 0 bridgehead atoms. The summed E-state index contributed by atoms with van der Waals surface area (Å²) in [5.74, 6) is 0.889. The maximum atomic E-state index is 5.82. The van der Waals surface area contributed by atoms with Gasteiger partial charge >= 0.3 is 0 Å². The van der Waals surface area contributed by atoms with Crippen molar-refractivity contribution in [2.75, 3.05) is 0 Å². The minimum Gasteiger partial charge on any atom is -0.489 e. The highest BCUT2D eigenvalue weighted by atomic mass is 16.5. The van der Waals surface area contributed by atoms with Crippen LogP contribution in [0.15, 0.2) is 53.5 Å². The van der Waals surface area contributed by atoms with Crippen molar-refractivity contribution in [3.8, 4) is 5.75 Å². The molecule has 2 nitrogen and oxygen atoms in total. The summed E-state index contributed by atoms with van der Waals surface area (Å²) in [6, 6.07) is 17.0. The van der Waals surface area contributed by atoms with E-state index in [1.54, 1.807) is 0 Å². The lowest BCUT2D eigenvalue weighted by Crippen LogP contribution is -1.97. The van der Waals surface area contributed by atoms with E-state index >= 15 is 0 Å². The summed E-state index contributed by atoms with van der Waals surface area (Å²) in [5, 5.41) is 0. The molecule has 0 saturated heterocycles. The Hall–Kier alpha value is -2.09. The van der Waals surface area contributed by atoms with Crippen LogP contribution < -0.4 is 4.74 Å². The third-order valence-corrected chi connectivity index (χ3v) is 3.79. The van der Waals surface area contributed by atoms with Crippen LogP contribution in [0, 0.1) is 0 Å². The molecule has 0 radical (unpaired) electrons. The minimum absolute atomic E-state index is 0.377. The zero-order chi connectivity index (χ0) is 15.8. The first-order valence-electron chi connectivity index (χ1n) is 8.05. The molecule has 0 fully saturated rings. The van der Waals surface area contributed by atoms with Gasteiger partial charge in [0.2, 0.25) is 0 Å². The maximum Gasteiger partial charge on any atom is 0.119 e. The van der Waals surface area contributed by atoms with Gasteiger partial charge in [-0.25, -0.2) is 0 Å². The Kier molecular flexibility index (Phi) is 6.20. The zero-order valence-corrected chi connectivity index (χ0v) is 13.8. The molecule has 0 amide bonds. The summed E-state index contributed by atoms with van der Waals surface area (Å²) in [6.45, 7) is 7.03. The van der Waals surface area contributed by atoms with Crippen LogP contribution >= 0.6 is 0 Å². The van der Waals surface area contributed by atoms with Gasteiger partial charge in [0.15, 0.2) is 0 Å². The van der Waals surface area contributed by atoms with E-state index in [2.05, 4.69) is 50.0 Å². The van der Waals surface area contributed by atoms with E-state index in [-0.39, 0.29) is 0 Å². The van der Waals surface area contributed by atoms with Gasteiger partial charge in [-0.05, 0) is 60.7 Å². The number of hydrogen-bond donors (Lipinski definition) is 0. The van der Waals surface area contributed by atoms with Gasteiger partial charge in [-0.3, -0.25) is 4.99 Å². The molecule has 0 aliphatic rings. The molecule has 0 aliphatic heterocycles. The molecule has 2 rings (SSSR count). The van der Waals surface area contributed by atoms with Gasteiger partial charge in [-0.1, -0.05) is 38.1 Å². The van der Waals surface area contributed by atoms with E-state index in [9.17, 15) is 0 Å². The van der Waals surface area contributed by atoms with E-state index in [1.165, 1.54) is 11.1 Å². The topological polar surface area (TPSA) is 21.6 Å². The highest BCUT2D eigenvalue weighted by molar-refractivity contribution is 5.79. The van der Waals surface area contributed by atoms with Crippen LogP contribution in [0.4, 0.5) is 0 Å². The quantitative estimate of drug-likeness (QED) is 0.655. The third-order valence-electron chi connectivity index (χ3n) is 3.79. The Labute approximate surface area is 133 Å². The second kappa shape index (κ2) is 8.38. The van der Waals surface area contributed by atoms with Gasteiger partial charge < -0.3 is 4.74 Å². The Morgan fingerprint density at radius 3 is 2.18 bits per heavy atom. The number of nitrogens with zero attached hydrogens (tertiary/aromatic N) is 1. The maximum absolute atomic E-state index is 5.82. The second-order valence-corrected chi connectivity index (χ2v) is 5.56. The molecule has 1 unspecified atom stereocenters. The van der Waals surface area contributed by atoms with Gasteiger partial charge in [-0.2, -0.15) is 0 Å². The highest BCUT2D eigenvalue weighted by Gasteiger charge is 1.98. The van der Waals surface area contributed by atoms with E-state index < -0.39 is 0 Å². The van der Waals surface area contributed by atoms with Gasteiger partial charge in [0.25, 0.3) is 0 Å². The molecule has 1 atom stereocenters. The molecule has 0 saturated carbocycles. The van der Waals surface area contributed by atoms with Gasteiger partial charge in [0.1, 0.15) is 12.4 Å². The molecule has 0 aliphatic carbocycles. The smallest absolute Gasteiger partial charge is 0.119 e. The average Bonchev–Trinajstić information content (AvgIpc) is 2.59. The first-order chi connectivity index (χ1) is 10.7. The lowest BCUT2D eigenvalue weighted by Gasteiger charge is -2.07. The molecule has 0 N–H and O–H groups in total. The van der Waals surface area contributed by atoms with Crippen molar-refractivity contribution < 1.29 is 4.74 Å². The molecule has 0 heterocycles. The third kappa shape index (κ3) is 5.03. The standard InChI is InChI=1S/C20H25NO/c1-4-16(3)21-14-18-10-12-20(13-11-18)22-15-19-8-6-17(5-2)7-9-19/h6-14,16H,4-5,15H2,1-3H3/b21-14+. The van der Waals surface area contributed by atoms with E-state index in [4.69, 9.17) is 4.74 Å². The second-order valence-electron chi connectivity index (χ2n) is 5.56. The van der Waals surface area contributed by atoms with Crippen molar-refractivity contribution in [1.29, 1.82) is 0 Å². The fourth-order valence-electron chi connectivity index (χ4n) is 2.01. The Morgan fingerprint density at radius 2 is 1.59 bits per heavy atom. The number of aryl methyl sites for hydroxylation is 1. The van der Waals surface area contributed by atoms with Crippen LogP contribution in [0.5, 0.6) is 5.75 Å². The van der Waals surface area contributed by atoms with Gasteiger partial charge in [0, 0.05) is 12.3 Å². The first-order valence-corrected chi connectivity index (χ1v) is 8.05. The normalized spacial score (nSPS) is 12.5. The van der Waals surface area contributed by atoms with Crippen LogP contribution in [0.25, 0.3) is 0 Å². The van der Waals surface area contributed by atoms with E-state index in [1.807, 2.05) is 30.5 Å². The Morgan fingerprint density at radius 1 is 0.955 bits per heavy atom. The van der Waals surface area contributed by atoms with Crippen LogP contribution in [0.3, 0.4) is 0 Å². The van der Waals surface area contributed by atoms with Crippen LogP contribution in [0.1, 0.15) is 43.9 Å². The number of aliphatic imine (C=N–C) groups is 1. The summed E-state index contributed by atoms with van der Waals surface area (Å²) in [4.78, 5) is 4.49. The van der Waals surface area contributed by atoms with Crippen LogP contribution in [-0.4, -0.2) is 12.3 Å². The van der Waals surface area contributed by atoms with Crippen LogP contribution in [-0.2, 0) is 13.0 Å². The van der Waals surface area contributed by atoms with E-state index in [0.29, 0.717) is 12.6 Å². The monoisotopic (exact) mass is 295 g/mol. The fraction of sp³-hybridized carbons (Fsp3) is 0.350. The van der Waals surface area contributed by atoms with Gasteiger partial charge in [0.05, 0.1) is 0 Å². The molecular weight excluding hydrogens is 270 g/mol.